The summed E-state index contributed by atoms with van der Waals surface area (Å²) in [7, 11) is 0. The average Bonchev–Trinajstić information content (AvgIpc) is 3.10. The smallest absolute Gasteiger partial charge is 0.387 e. The summed E-state index contributed by atoms with van der Waals surface area (Å²) in [5.41, 5.74) is 1.86. The summed E-state index contributed by atoms with van der Waals surface area (Å²) >= 11 is 12.8. The van der Waals surface area contributed by atoms with E-state index in [4.69, 9.17) is 32.9 Å². The Morgan fingerprint density at radius 1 is 1.09 bits per heavy atom. The van der Waals surface area contributed by atoms with Crippen molar-refractivity contribution in [2.75, 3.05) is 0 Å². The molecule has 2 aliphatic heterocycles. The number of aryl methyl sites for hydroxylation is 1. The molecule has 6 nitrogen and oxygen atoms in total. The number of hydrogen-bond acceptors (Lipinski definition) is 5. The number of pyridine rings is 1. The summed E-state index contributed by atoms with van der Waals surface area (Å²) in [6.07, 6.45) is 4.90. The maximum absolute atomic E-state index is 13.2. The van der Waals surface area contributed by atoms with E-state index >= 15 is 0 Å². The molecule has 1 unspecified atom stereocenters. The summed E-state index contributed by atoms with van der Waals surface area (Å²) in [6.45, 7) is -1.15. The van der Waals surface area contributed by atoms with Crippen molar-refractivity contribution in [3.63, 3.8) is 0 Å². The molecule has 10 heteroatoms. The lowest BCUT2D eigenvalue weighted by molar-refractivity contribution is -0.0507. The number of para-hydroxylation sites is 1. The molecule has 1 aromatic carbocycles. The third kappa shape index (κ3) is 3.45. The SMILES string of the molecule is Cc1nn(-c2ccccn2)c2c1C(c1ccccc1OC(F)F)N1C=C(Cl)C=C(Cl)C1=N2. The van der Waals surface area contributed by atoms with Gasteiger partial charge in [-0.05, 0) is 31.2 Å². The lowest BCUT2D eigenvalue weighted by Crippen LogP contribution is -2.36. The van der Waals surface area contributed by atoms with Gasteiger partial charge in [-0.2, -0.15) is 18.6 Å². The fraction of sp³-hybridized carbons (Fsp3) is 0.136. The second kappa shape index (κ2) is 8.03. The minimum atomic E-state index is -2.98. The molecule has 0 saturated heterocycles. The van der Waals surface area contributed by atoms with Crippen LogP contribution in [0, 0.1) is 6.92 Å². The molecule has 5 rings (SSSR count). The van der Waals surface area contributed by atoms with E-state index in [1.54, 1.807) is 58.4 Å². The van der Waals surface area contributed by atoms with Crippen LogP contribution in [0.3, 0.4) is 0 Å². The lowest BCUT2D eigenvalue weighted by Gasteiger charge is -2.37. The number of allylic oxidation sites excluding steroid dienone is 2. The molecule has 0 saturated carbocycles. The molecular weight excluding hydrogens is 459 g/mol. The zero-order valence-corrected chi connectivity index (χ0v) is 18.1. The van der Waals surface area contributed by atoms with Crippen LogP contribution in [0.25, 0.3) is 5.82 Å². The molecule has 0 amide bonds. The number of ether oxygens (including phenoxy) is 1. The standard InChI is InChI=1S/C22H15Cl2F2N5O/c1-12-18-19(14-6-2-3-7-16(14)32-22(25)26)30-11-13(23)10-15(24)20(30)28-21(18)31(29-12)17-8-4-5-9-27-17/h2-11,19,22H,1H3. The summed E-state index contributed by atoms with van der Waals surface area (Å²) in [5.74, 6) is 1.52. The van der Waals surface area contributed by atoms with Crippen LogP contribution in [0.5, 0.6) is 5.75 Å². The highest BCUT2D eigenvalue weighted by atomic mass is 35.5. The molecule has 2 aromatic heterocycles. The molecule has 3 aromatic rings. The predicted octanol–water partition coefficient (Wildman–Crippen LogP) is 5.83. The average molecular weight is 474 g/mol. The molecule has 0 N–H and O–H groups in total. The Balaban J connectivity index is 1.78. The molecule has 0 spiro atoms. The van der Waals surface area contributed by atoms with Crippen molar-refractivity contribution in [3.05, 3.63) is 87.8 Å². The highest BCUT2D eigenvalue weighted by Gasteiger charge is 2.39. The minimum Gasteiger partial charge on any atom is -0.434 e. The number of aliphatic imine (C=N–C) groups is 1. The molecule has 0 aliphatic carbocycles. The number of alkyl halides is 2. The van der Waals surface area contributed by atoms with Crippen molar-refractivity contribution >= 4 is 34.9 Å². The van der Waals surface area contributed by atoms with Crippen molar-refractivity contribution < 1.29 is 13.5 Å². The van der Waals surface area contributed by atoms with Crippen LogP contribution < -0.4 is 4.74 Å². The molecule has 0 bridgehead atoms. The van der Waals surface area contributed by atoms with Gasteiger partial charge in [0.05, 0.1) is 21.8 Å². The van der Waals surface area contributed by atoms with Gasteiger partial charge >= 0.3 is 6.61 Å². The quantitative estimate of drug-likeness (QED) is 0.478. The second-order valence-electron chi connectivity index (χ2n) is 7.09. The van der Waals surface area contributed by atoms with Crippen LogP contribution in [0.15, 0.2) is 76.0 Å². The van der Waals surface area contributed by atoms with Gasteiger partial charge in [0.1, 0.15) is 5.75 Å². The molecule has 4 heterocycles. The fourth-order valence-electron chi connectivity index (χ4n) is 3.90. The zero-order chi connectivity index (χ0) is 22.4. The number of fused-ring (bicyclic) bond motifs is 2. The van der Waals surface area contributed by atoms with E-state index in [2.05, 4.69) is 10.1 Å². The van der Waals surface area contributed by atoms with Crippen molar-refractivity contribution in [2.45, 2.75) is 19.6 Å². The van der Waals surface area contributed by atoms with Crippen molar-refractivity contribution in [3.8, 4) is 11.6 Å². The van der Waals surface area contributed by atoms with Gasteiger partial charge in [-0.15, -0.1) is 0 Å². The van der Waals surface area contributed by atoms with Gasteiger partial charge in [-0.25, -0.2) is 9.98 Å². The van der Waals surface area contributed by atoms with Crippen molar-refractivity contribution in [1.82, 2.24) is 19.7 Å². The van der Waals surface area contributed by atoms with Gasteiger partial charge in [0.15, 0.2) is 17.5 Å². The molecule has 2 aliphatic rings. The number of aromatic nitrogens is 3. The Labute approximate surface area is 192 Å². The molecule has 0 radical (unpaired) electrons. The van der Waals surface area contributed by atoms with Gasteiger partial charge in [-0.3, -0.25) is 0 Å². The van der Waals surface area contributed by atoms with E-state index in [0.29, 0.717) is 44.4 Å². The molecular formula is C22H15Cl2F2N5O. The summed E-state index contributed by atoms with van der Waals surface area (Å²) < 4.78 is 32.8. The van der Waals surface area contributed by atoms with Crippen LogP contribution in [0.1, 0.15) is 22.9 Å². The molecule has 0 fully saturated rings. The van der Waals surface area contributed by atoms with E-state index in [1.807, 2.05) is 13.0 Å². The number of hydrogen-bond donors (Lipinski definition) is 0. The van der Waals surface area contributed by atoms with Gasteiger partial charge < -0.3 is 9.64 Å². The van der Waals surface area contributed by atoms with Crippen LogP contribution >= 0.6 is 23.2 Å². The van der Waals surface area contributed by atoms with Crippen molar-refractivity contribution in [1.29, 1.82) is 0 Å². The first-order valence-electron chi connectivity index (χ1n) is 9.60. The monoisotopic (exact) mass is 473 g/mol. The second-order valence-corrected chi connectivity index (χ2v) is 7.93. The Bertz CT molecular complexity index is 1290. The Morgan fingerprint density at radius 2 is 1.88 bits per heavy atom. The first-order valence-corrected chi connectivity index (χ1v) is 10.4. The fourth-order valence-corrected chi connectivity index (χ4v) is 4.42. The summed E-state index contributed by atoms with van der Waals surface area (Å²) in [6, 6.07) is 11.4. The lowest BCUT2D eigenvalue weighted by atomic mass is 9.94. The highest BCUT2D eigenvalue weighted by molar-refractivity contribution is 6.45. The third-order valence-electron chi connectivity index (χ3n) is 5.13. The number of halogens is 4. The van der Waals surface area contributed by atoms with E-state index in [1.165, 1.54) is 6.07 Å². The summed E-state index contributed by atoms with van der Waals surface area (Å²) in [5, 5.41) is 5.34. The molecule has 1 atom stereocenters. The third-order valence-corrected chi connectivity index (χ3v) is 5.61. The van der Waals surface area contributed by atoms with Crippen LogP contribution in [0.2, 0.25) is 0 Å². The first kappa shape index (κ1) is 20.7. The Kier molecular flexibility index (Phi) is 5.19. The topological polar surface area (TPSA) is 55.5 Å². The van der Waals surface area contributed by atoms with E-state index in [-0.39, 0.29) is 5.75 Å². The number of amidine groups is 1. The predicted molar refractivity (Wildman–Crippen MR) is 118 cm³/mol. The van der Waals surface area contributed by atoms with E-state index in [0.717, 1.165) is 0 Å². The maximum Gasteiger partial charge on any atom is 0.387 e. The minimum absolute atomic E-state index is 0.0416. The van der Waals surface area contributed by atoms with Crippen LogP contribution in [-0.4, -0.2) is 32.1 Å². The Hall–Kier alpha value is -3.23. The van der Waals surface area contributed by atoms with Gasteiger partial charge in [0.25, 0.3) is 0 Å². The summed E-state index contributed by atoms with van der Waals surface area (Å²) in [4.78, 5) is 10.9. The van der Waals surface area contributed by atoms with Crippen LogP contribution in [-0.2, 0) is 0 Å². The maximum atomic E-state index is 13.2. The van der Waals surface area contributed by atoms with Gasteiger partial charge in [0, 0.05) is 23.5 Å². The Morgan fingerprint density at radius 3 is 2.62 bits per heavy atom. The zero-order valence-electron chi connectivity index (χ0n) is 16.6. The number of benzene rings is 1. The number of rotatable bonds is 4. The first-order chi connectivity index (χ1) is 15.4. The molecule has 162 valence electrons. The van der Waals surface area contributed by atoms with Gasteiger partial charge in [0.2, 0.25) is 0 Å². The van der Waals surface area contributed by atoms with E-state index in [9.17, 15) is 8.78 Å². The van der Waals surface area contributed by atoms with Crippen LogP contribution in [0.4, 0.5) is 14.6 Å². The van der Waals surface area contributed by atoms with Gasteiger partial charge in [-0.1, -0.05) is 47.5 Å². The number of nitrogens with zero attached hydrogens (tertiary/aromatic N) is 5. The largest absolute Gasteiger partial charge is 0.434 e. The normalized spacial score (nSPS) is 17.4. The highest BCUT2D eigenvalue weighted by Crippen LogP contribution is 2.47. The molecule has 32 heavy (non-hydrogen) atoms. The van der Waals surface area contributed by atoms with Crippen molar-refractivity contribution in [2.24, 2.45) is 4.99 Å². The van der Waals surface area contributed by atoms with E-state index < -0.39 is 12.7 Å².